The molecule has 2 N–H and O–H groups in total. The molecule has 35 heavy (non-hydrogen) atoms. The van der Waals surface area contributed by atoms with Crippen molar-refractivity contribution in [3.05, 3.63) is 42.5 Å². The predicted molar refractivity (Wildman–Crippen MR) is 154 cm³/mol. The predicted octanol–water partition coefficient (Wildman–Crippen LogP) is 7.48. The highest BCUT2D eigenvalue weighted by Gasteiger charge is 2.53. The Hall–Kier alpha value is -0.900. The van der Waals surface area contributed by atoms with Crippen LogP contribution in [-0.2, 0) is 0 Å². The van der Waals surface area contributed by atoms with Crippen molar-refractivity contribution in [1.29, 1.82) is 0 Å². The fourth-order valence-corrected chi connectivity index (χ4v) is 15.5. The molecule has 8 fully saturated rings. The lowest BCUT2D eigenvalue weighted by Crippen LogP contribution is -2.50. The molecule has 8 aliphatic carbocycles. The zero-order chi connectivity index (χ0) is 23.2. The van der Waals surface area contributed by atoms with Gasteiger partial charge in [0, 0.05) is 16.6 Å². The SMILES string of the molecule is Nc1c(-c2ccccc2)ccc(PC23CC4CC(CC(C4)C2)C3)c1PC12CC3CC(CC(C3)C1)C2. The second-order valence-electron chi connectivity index (χ2n) is 14.0. The minimum Gasteiger partial charge on any atom is -0.398 e. The molecular formula is C32H41NP2. The first-order valence-corrected chi connectivity index (χ1v) is 16.6. The van der Waals surface area contributed by atoms with Gasteiger partial charge in [-0.2, -0.15) is 0 Å². The topological polar surface area (TPSA) is 26.0 Å². The first-order chi connectivity index (χ1) is 17.0. The third-order valence-electron chi connectivity index (χ3n) is 11.2. The molecule has 8 saturated carbocycles. The molecule has 0 saturated heterocycles. The summed E-state index contributed by atoms with van der Waals surface area (Å²) in [6.45, 7) is 0. The fraction of sp³-hybridized carbons (Fsp3) is 0.625. The van der Waals surface area contributed by atoms with Crippen molar-refractivity contribution in [2.75, 3.05) is 5.73 Å². The van der Waals surface area contributed by atoms with E-state index < -0.39 is 0 Å². The maximum atomic E-state index is 7.22. The van der Waals surface area contributed by atoms with Crippen molar-refractivity contribution in [2.24, 2.45) is 35.5 Å². The van der Waals surface area contributed by atoms with Crippen molar-refractivity contribution >= 4 is 33.5 Å². The van der Waals surface area contributed by atoms with E-state index in [4.69, 9.17) is 5.73 Å². The highest BCUT2D eigenvalue weighted by molar-refractivity contribution is 7.56. The van der Waals surface area contributed by atoms with Gasteiger partial charge in [0.15, 0.2) is 0 Å². The third-order valence-corrected chi connectivity index (χ3v) is 15.2. The average Bonchev–Trinajstić information content (AvgIpc) is 2.80. The van der Waals surface area contributed by atoms with Crippen molar-refractivity contribution in [1.82, 2.24) is 0 Å². The summed E-state index contributed by atoms with van der Waals surface area (Å²) in [5.74, 6) is 6.14. The van der Waals surface area contributed by atoms with Crippen molar-refractivity contribution in [2.45, 2.75) is 87.4 Å². The molecule has 1 nitrogen and oxygen atoms in total. The Morgan fingerprint density at radius 1 is 0.571 bits per heavy atom. The van der Waals surface area contributed by atoms with Gasteiger partial charge in [0.1, 0.15) is 0 Å². The van der Waals surface area contributed by atoms with Crippen LogP contribution in [0.2, 0.25) is 0 Å². The molecule has 0 aliphatic heterocycles. The highest BCUT2D eigenvalue weighted by Crippen LogP contribution is 2.64. The van der Waals surface area contributed by atoms with E-state index in [0.29, 0.717) is 10.3 Å². The number of nitrogens with two attached hydrogens (primary N) is 1. The quantitative estimate of drug-likeness (QED) is 0.334. The van der Waals surface area contributed by atoms with Crippen molar-refractivity contribution < 1.29 is 0 Å². The zero-order valence-electron chi connectivity index (χ0n) is 21.1. The van der Waals surface area contributed by atoms with E-state index in [9.17, 15) is 0 Å². The van der Waals surface area contributed by atoms with E-state index in [0.717, 1.165) is 58.4 Å². The van der Waals surface area contributed by atoms with Gasteiger partial charge in [-0.15, -0.1) is 0 Å². The Bertz CT molecular complexity index is 1070. The van der Waals surface area contributed by atoms with Crippen LogP contribution in [0.1, 0.15) is 77.0 Å². The van der Waals surface area contributed by atoms with Gasteiger partial charge in [-0.1, -0.05) is 59.6 Å². The number of hydrogen-bond donors (Lipinski definition) is 1. The molecule has 3 heteroatoms. The first kappa shape index (κ1) is 22.1. The highest BCUT2D eigenvalue weighted by atomic mass is 31.1. The second-order valence-corrected chi connectivity index (χ2v) is 17.6. The third kappa shape index (κ3) is 3.77. The Labute approximate surface area is 215 Å². The van der Waals surface area contributed by atoms with Crippen LogP contribution >= 0.6 is 17.2 Å². The summed E-state index contributed by atoms with van der Waals surface area (Å²) in [6, 6.07) is 15.9. The molecule has 10 rings (SSSR count). The lowest BCUT2D eigenvalue weighted by atomic mass is 9.56. The van der Waals surface area contributed by atoms with E-state index in [1.165, 1.54) is 68.9 Å². The molecule has 0 radical (unpaired) electrons. The Morgan fingerprint density at radius 3 is 1.51 bits per heavy atom. The molecule has 2 atom stereocenters. The van der Waals surface area contributed by atoms with Crippen LogP contribution in [-0.4, -0.2) is 10.3 Å². The fourth-order valence-electron chi connectivity index (χ4n) is 10.8. The molecule has 0 amide bonds. The molecule has 0 spiro atoms. The molecular weight excluding hydrogens is 460 g/mol. The minimum atomic E-state index is 0.568. The van der Waals surface area contributed by atoms with Gasteiger partial charge in [0.2, 0.25) is 0 Å². The summed E-state index contributed by atoms with van der Waals surface area (Å²) in [5.41, 5.74) is 10.9. The Morgan fingerprint density at radius 2 is 1.03 bits per heavy atom. The summed E-state index contributed by atoms with van der Waals surface area (Å²) in [6.07, 6.45) is 18.2. The molecule has 8 aliphatic rings. The molecule has 0 aromatic heterocycles. The number of benzene rings is 2. The van der Waals surface area contributed by atoms with Crippen LogP contribution in [0.4, 0.5) is 5.69 Å². The maximum absolute atomic E-state index is 7.22. The lowest BCUT2D eigenvalue weighted by Gasteiger charge is -2.58. The normalized spacial score (nSPS) is 43.3. The lowest BCUT2D eigenvalue weighted by molar-refractivity contribution is 0.0369. The smallest absolute Gasteiger partial charge is 0.0475 e. The van der Waals surface area contributed by atoms with Crippen LogP contribution in [0.25, 0.3) is 11.1 Å². The van der Waals surface area contributed by atoms with Crippen molar-refractivity contribution in [3.63, 3.8) is 0 Å². The van der Waals surface area contributed by atoms with Crippen LogP contribution < -0.4 is 16.3 Å². The van der Waals surface area contributed by atoms with E-state index in [-0.39, 0.29) is 0 Å². The van der Waals surface area contributed by atoms with Gasteiger partial charge in [-0.05, 0) is 134 Å². The largest absolute Gasteiger partial charge is 0.398 e. The van der Waals surface area contributed by atoms with Gasteiger partial charge in [0.05, 0.1) is 0 Å². The molecule has 0 heterocycles. The van der Waals surface area contributed by atoms with E-state index in [1.807, 2.05) is 0 Å². The van der Waals surface area contributed by atoms with Crippen LogP contribution in [0, 0.1) is 35.5 Å². The van der Waals surface area contributed by atoms with Gasteiger partial charge in [-0.3, -0.25) is 0 Å². The molecule has 184 valence electrons. The first-order valence-electron chi connectivity index (χ1n) is 14.6. The summed E-state index contributed by atoms with van der Waals surface area (Å²) >= 11 is 0. The van der Waals surface area contributed by atoms with Crippen LogP contribution in [0.5, 0.6) is 0 Å². The number of hydrogen-bond acceptors (Lipinski definition) is 1. The minimum absolute atomic E-state index is 0.568. The summed E-state index contributed by atoms with van der Waals surface area (Å²) in [4.78, 5) is 0. The number of nitrogen functional groups attached to an aromatic ring is 1. The summed E-state index contributed by atoms with van der Waals surface area (Å²) in [7, 11) is 1.90. The van der Waals surface area contributed by atoms with Crippen molar-refractivity contribution in [3.8, 4) is 11.1 Å². The standard InChI is InChI=1S/C32H41NP2/c33-29-27(26-4-2-1-3-5-26)6-7-28(34-31-14-20-8-21(15-31)10-22(9-20)16-31)30(29)35-32-17-23-11-24(18-32)13-25(12-23)19-32/h1-7,20-25,34-35H,8-19,33H2. The van der Waals surface area contributed by atoms with E-state index in [2.05, 4.69) is 42.5 Å². The molecule has 2 aromatic carbocycles. The van der Waals surface area contributed by atoms with E-state index in [1.54, 1.807) is 29.9 Å². The zero-order valence-corrected chi connectivity index (χ0v) is 23.1. The number of anilines is 1. The van der Waals surface area contributed by atoms with Gasteiger partial charge >= 0.3 is 0 Å². The van der Waals surface area contributed by atoms with Gasteiger partial charge < -0.3 is 5.73 Å². The number of rotatable bonds is 5. The summed E-state index contributed by atoms with van der Waals surface area (Å²) < 4.78 is 0. The Balaban J connectivity index is 1.19. The van der Waals surface area contributed by atoms with E-state index >= 15 is 0 Å². The maximum Gasteiger partial charge on any atom is 0.0475 e. The monoisotopic (exact) mass is 501 g/mol. The average molecular weight is 502 g/mol. The van der Waals surface area contributed by atoms with Crippen LogP contribution in [0.3, 0.4) is 0 Å². The second kappa shape index (κ2) is 8.05. The molecule has 2 aromatic rings. The van der Waals surface area contributed by atoms with Crippen LogP contribution in [0.15, 0.2) is 42.5 Å². The molecule has 2 unspecified atom stereocenters. The van der Waals surface area contributed by atoms with Gasteiger partial charge in [-0.25, -0.2) is 0 Å². The molecule has 8 bridgehead atoms. The summed E-state index contributed by atoms with van der Waals surface area (Å²) in [5, 5.41) is 4.47. The Kier molecular flexibility index (Phi) is 5.09. The van der Waals surface area contributed by atoms with Gasteiger partial charge in [0.25, 0.3) is 0 Å².